The third-order valence-corrected chi connectivity index (χ3v) is 4.67. The van der Waals surface area contributed by atoms with Gasteiger partial charge in [0.1, 0.15) is 11.9 Å². The molecule has 4 nitrogen and oxygen atoms in total. The number of ether oxygens (including phenoxy) is 1. The molecule has 3 rings (SSSR count). The number of nitrogens with zero attached hydrogens (tertiary/aromatic N) is 1. The Morgan fingerprint density at radius 3 is 2.70 bits per heavy atom. The summed E-state index contributed by atoms with van der Waals surface area (Å²) in [6, 6.07) is 15.1. The van der Waals surface area contributed by atoms with Crippen LogP contribution in [0.15, 0.2) is 53.6 Å². The zero-order valence-electron chi connectivity index (χ0n) is 12.9. The van der Waals surface area contributed by atoms with E-state index in [9.17, 15) is 4.79 Å². The number of rotatable bonds is 5. The van der Waals surface area contributed by atoms with Gasteiger partial charge in [0.25, 0.3) is 5.91 Å². The number of thioether (sulfide) groups is 1. The lowest BCUT2D eigenvalue weighted by Gasteiger charge is -2.25. The SMILES string of the molecule is Cc1cccc(C(=O)NN=Cc2ccc(OC3CSC3)cc2)c1. The number of nitrogens with one attached hydrogen (secondary N) is 1. The van der Waals surface area contributed by atoms with Crippen LogP contribution in [0.1, 0.15) is 21.5 Å². The molecule has 1 saturated heterocycles. The smallest absolute Gasteiger partial charge is 0.271 e. The number of hydrazone groups is 1. The molecule has 0 atom stereocenters. The van der Waals surface area contributed by atoms with Crippen molar-refractivity contribution in [1.82, 2.24) is 5.43 Å². The number of benzene rings is 2. The van der Waals surface area contributed by atoms with Crippen LogP contribution < -0.4 is 10.2 Å². The van der Waals surface area contributed by atoms with Crippen molar-refractivity contribution in [3.8, 4) is 5.75 Å². The van der Waals surface area contributed by atoms with Crippen LogP contribution >= 0.6 is 11.8 Å². The molecule has 0 aliphatic carbocycles. The van der Waals surface area contributed by atoms with E-state index in [0.29, 0.717) is 11.7 Å². The predicted molar refractivity (Wildman–Crippen MR) is 94.4 cm³/mol. The van der Waals surface area contributed by atoms with Crippen LogP contribution in [0.2, 0.25) is 0 Å². The van der Waals surface area contributed by atoms with Crippen molar-refractivity contribution in [1.29, 1.82) is 0 Å². The molecule has 2 aromatic carbocycles. The molecule has 1 aliphatic heterocycles. The largest absolute Gasteiger partial charge is 0.489 e. The van der Waals surface area contributed by atoms with Crippen molar-refractivity contribution in [3.05, 3.63) is 65.2 Å². The van der Waals surface area contributed by atoms with Crippen molar-refractivity contribution in [3.63, 3.8) is 0 Å². The van der Waals surface area contributed by atoms with Crippen LogP contribution in [0, 0.1) is 6.92 Å². The number of hydrogen-bond donors (Lipinski definition) is 1. The molecule has 0 aromatic heterocycles. The van der Waals surface area contributed by atoms with Crippen LogP contribution in [0.4, 0.5) is 0 Å². The van der Waals surface area contributed by atoms with E-state index in [2.05, 4.69) is 10.5 Å². The lowest BCUT2D eigenvalue weighted by Crippen LogP contribution is -2.30. The van der Waals surface area contributed by atoms with Crippen molar-refractivity contribution in [2.24, 2.45) is 5.10 Å². The lowest BCUT2D eigenvalue weighted by atomic mass is 10.1. The molecule has 23 heavy (non-hydrogen) atoms. The molecule has 118 valence electrons. The average molecular weight is 326 g/mol. The summed E-state index contributed by atoms with van der Waals surface area (Å²) in [5.41, 5.74) is 5.09. The molecule has 1 heterocycles. The first kappa shape index (κ1) is 15.6. The molecule has 1 aliphatic rings. The van der Waals surface area contributed by atoms with Crippen LogP contribution in [0.25, 0.3) is 0 Å². The molecule has 0 saturated carbocycles. The number of carbonyl (C=O) groups excluding carboxylic acids is 1. The minimum Gasteiger partial charge on any atom is -0.489 e. The molecule has 0 spiro atoms. The first-order valence-corrected chi connectivity index (χ1v) is 8.61. The summed E-state index contributed by atoms with van der Waals surface area (Å²) in [5.74, 6) is 2.78. The Balaban J connectivity index is 1.54. The molecule has 0 radical (unpaired) electrons. The second-order valence-electron chi connectivity index (χ2n) is 5.41. The number of hydrogen-bond acceptors (Lipinski definition) is 4. The second kappa shape index (κ2) is 7.33. The molecule has 0 unspecified atom stereocenters. The normalized spacial score (nSPS) is 14.5. The van der Waals surface area contributed by atoms with Gasteiger partial charge in [0, 0.05) is 17.1 Å². The number of aryl methyl sites for hydroxylation is 1. The average Bonchev–Trinajstić information content (AvgIpc) is 2.52. The Labute approximate surface area is 139 Å². The summed E-state index contributed by atoms with van der Waals surface area (Å²) < 4.78 is 5.78. The summed E-state index contributed by atoms with van der Waals surface area (Å²) in [5, 5.41) is 4.00. The van der Waals surface area contributed by atoms with E-state index < -0.39 is 0 Å². The van der Waals surface area contributed by atoms with E-state index >= 15 is 0 Å². The minimum absolute atomic E-state index is 0.215. The monoisotopic (exact) mass is 326 g/mol. The summed E-state index contributed by atoms with van der Waals surface area (Å²) in [6.45, 7) is 1.95. The van der Waals surface area contributed by atoms with Crippen molar-refractivity contribution >= 4 is 23.9 Å². The fourth-order valence-electron chi connectivity index (χ4n) is 2.12. The topological polar surface area (TPSA) is 50.7 Å². The Hall–Kier alpha value is -2.27. The maximum Gasteiger partial charge on any atom is 0.271 e. The highest BCUT2D eigenvalue weighted by molar-refractivity contribution is 8.00. The van der Waals surface area contributed by atoms with Gasteiger partial charge < -0.3 is 4.74 Å². The van der Waals surface area contributed by atoms with Gasteiger partial charge in [-0.2, -0.15) is 16.9 Å². The first-order valence-electron chi connectivity index (χ1n) is 7.45. The molecule has 1 N–H and O–H groups in total. The highest BCUT2D eigenvalue weighted by Gasteiger charge is 2.19. The minimum atomic E-state index is -0.215. The predicted octanol–water partition coefficient (Wildman–Crippen LogP) is 3.25. The van der Waals surface area contributed by atoms with Gasteiger partial charge in [0.15, 0.2) is 0 Å². The Morgan fingerprint density at radius 2 is 2.04 bits per heavy atom. The fraction of sp³-hybridized carbons (Fsp3) is 0.222. The first-order chi connectivity index (χ1) is 11.2. The molecule has 0 bridgehead atoms. The van der Waals surface area contributed by atoms with Crippen LogP contribution in [-0.4, -0.2) is 29.7 Å². The lowest BCUT2D eigenvalue weighted by molar-refractivity contribution is 0.0955. The third kappa shape index (κ3) is 4.36. The summed E-state index contributed by atoms with van der Waals surface area (Å²) in [4.78, 5) is 12.0. The zero-order chi connectivity index (χ0) is 16.1. The Morgan fingerprint density at radius 1 is 1.26 bits per heavy atom. The van der Waals surface area contributed by atoms with Gasteiger partial charge in [-0.3, -0.25) is 4.79 Å². The summed E-state index contributed by atoms with van der Waals surface area (Å²) >= 11 is 1.89. The van der Waals surface area contributed by atoms with E-state index in [4.69, 9.17) is 4.74 Å². The molecule has 1 amide bonds. The van der Waals surface area contributed by atoms with E-state index in [1.165, 1.54) is 0 Å². The highest BCUT2D eigenvalue weighted by atomic mass is 32.2. The van der Waals surface area contributed by atoms with Crippen molar-refractivity contribution in [2.45, 2.75) is 13.0 Å². The number of amides is 1. The van der Waals surface area contributed by atoms with Gasteiger partial charge in [0.05, 0.1) is 6.21 Å². The van der Waals surface area contributed by atoms with Gasteiger partial charge in [-0.05, 0) is 48.9 Å². The maximum atomic E-state index is 12.0. The van der Waals surface area contributed by atoms with Crippen LogP contribution in [0.3, 0.4) is 0 Å². The summed E-state index contributed by atoms with van der Waals surface area (Å²) in [7, 11) is 0. The van der Waals surface area contributed by atoms with E-state index in [0.717, 1.165) is 28.4 Å². The van der Waals surface area contributed by atoms with Gasteiger partial charge >= 0.3 is 0 Å². The highest BCUT2D eigenvalue weighted by Crippen LogP contribution is 2.23. The van der Waals surface area contributed by atoms with Crippen LogP contribution in [0.5, 0.6) is 5.75 Å². The second-order valence-corrected chi connectivity index (χ2v) is 6.49. The van der Waals surface area contributed by atoms with Gasteiger partial charge in [-0.1, -0.05) is 17.7 Å². The Bertz CT molecular complexity index is 709. The quantitative estimate of drug-likeness (QED) is 0.678. The third-order valence-electron chi connectivity index (χ3n) is 3.45. The maximum absolute atomic E-state index is 12.0. The zero-order valence-corrected chi connectivity index (χ0v) is 13.7. The Kier molecular flexibility index (Phi) is 4.98. The van der Waals surface area contributed by atoms with E-state index in [1.807, 2.05) is 61.2 Å². The van der Waals surface area contributed by atoms with Gasteiger partial charge in [0.2, 0.25) is 0 Å². The fourth-order valence-corrected chi connectivity index (χ4v) is 2.69. The standard InChI is InChI=1S/C18H18N2O2S/c1-13-3-2-4-15(9-13)18(21)20-19-10-14-5-7-16(8-6-14)22-17-11-23-12-17/h2-10,17H,11-12H2,1H3,(H,20,21). The van der Waals surface area contributed by atoms with Crippen molar-refractivity contribution in [2.75, 3.05) is 11.5 Å². The van der Waals surface area contributed by atoms with E-state index in [-0.39, 0.29) is 5.91 Å². The molecular formula is C18H18N2O2S. The molecular weight excluding hydrogens is 308 g/mol. The van der Waals surface area contributed by atoms with Crippen molar-refractivity contribution < 1.29 is 9.53 Å². The number of carbonyl (C=O) groups is 1. The molecule has 5 heteroatoms. The summed E-state index contributed by atoms with van der Waals surface area (Å²) in [6.07, 6.45) is 1.96. The van der Waals surface area contributed by atoms with Gasteiger partial charge in [-0.25, -0.2) is 5.43 Å². The van der Waals surface area contributed by atoms with Gasteiger partial charge in [-0.15, -0.1) is 0 Å². The molecule has 1 fully saturated rings. The van der Waals surface area contributed by atoms with Crippen LogP contribution in [-0.2, 0) is 0 Å². The molecule has 2 aromatic rings. The van der Waals surface area contributed by atoms with E-state index in [1.54, 1.807) is 12.3 Å².